The first kappa shape index (κ1) is 12.4. The number of benzene rings is 1. The highest BCUT2D eigenvalue weighted by molar-refractivity contribution is 6.30. The first-order chi connectivity index (χ1) is 8.20. The minimum Gasteiger partial charge on any atom is -0.469 e. The second-order valence-corrected chi connectivity index (χ2v) is 4.74. The molecule has 0 spiro atoms. The lowest BCUT2D eigenvalue weighted by Gasteiger charge is -2.29. The van der Waals surface area contributed by atoms with E-state index >= 15 is 0 Å². The molecule has 1 fully saturated rings. The Morgan fingerprint density at radius 2 is 2.35 bits per heavy atom. The molecule has 2 atom stereocenters. The molecule has 3 nitrogen and oxygen atoms in total. The molecule has 1 aliphatic heterocycles. The van der Waals surface area contributed by atoms with Crippen LogP contribution in [0, 0.1) is 5.92 Å². The van der Waals surface area contributed by atoms with Crippen molar-refractivity contribution in [3.8, 4) is 0 Å². The Morgan fingerprint density at radius 1 is 1.53 bits per heavy atom. The minimum atomic E-state index is -0.112. The molecule has 0 aromatic heterocycles. The van der Waals surface area contributed by atoms with Crippen LogP contribution < -0.4 is 5.32 Å². The predicted molar refractivity (Wildman–Crippen MR) is 66.9 cm³/mol. The summed E-state index contributed by atoms with van der Waals surface area (Å²) in [6, 6.07) is 7.95. The third-order valence-corrected chi connectivity index (χ3v) is 3.42. The van der Waals surface area contributed by atoms with Crippen molar-refractivity contribution in [2.75, 3.05) is 13.7 Å². The zero-order valence-corrected chi connectivity index (χ0v) is 10.5. The van der Waals surface area contributed by atoms with Gasteiger partial charge in [-0.15, -0.1) is 0 Å². The van der Waals surface area contributed by atoms with Gasteiger partial charge in [0.1, 0.15) is 0 Å². The van der Waals surface area contributed by atoms with Gasteiger partial charge in [0.25, 0.3) is 0 Å². The SMILES string of the molecule is COC(=O)C1CCNC(c2cccc(Cl)c2)C1. The first-order valence-corrected chi connectivity index (χ1v) is 6.15. The lowest BCUT2D eigenvalue weighted by molar-refractivity contribution is -0.146. The van der Waals surface area contributed by atoms with Gasteiger partial charge in [0.05, 0.1) is 13.0 Å². The molecule has 1 saturated heterocycles. The lowest BCUT2D eigenvalue weighted by Crippen LogP contribution is -2.35. The molecule has 92 valence electrons. The molecule has 0 amide bonds. The van der Waals surface area contributed by atoms with Crippen LogP contribution in [0.25, 0.3) is 0 Å². The molecule has 0 saturated carbocycles. The number of nitrogens with one attached hydrogen (secondary N) is 1. The van der Waals surface area contributed by atoms with Crippen LogP contribution in [0.2, 0.25) is 5.02 Å². The first-order valence-electron chi connectivity index (χ1n) is 5.77. The number of piperidine rings is 1. The molecule has 1 N–H and O–H groups in total. The molecule has 1 aliphatic rings. The van der Waals surface area contributed by atoms with E-state index in [9.17, 15) is 4.79 Å². The van der Waals surface area contributed by atoms with Gasteiger partial charge < -0.3 is 10.1 Å². The molecular weight excluding hydrogens is 238 g/mol. The zero-order chi connectivity index (χ0) is 12.3. The average Bonchev–Trinajstić information content (AvgIpc) is 2.38. The van der Waals surface area contributed by atoms with E-state index in [1.807, 2.05) is 24.3 Å². The highest BCUT2D eigenvalue weighted by Crippen LogP contribution is 2.29. The Morgan fingerprint density at radius 3 is 3.06 bits per heavy atom. The number of esters is 1. The molecule has 0 aliphatic carbocycles. The van der Waals surface area contributed by atoms with Gasteiger partial charge in [0.2, 0.25) is 0 Å². The molecule has 0 bridgehead atoms. The number of methoxy groups -OCH3 is 1. The summed E-state index contributed by atoms with van der Waals surface area (Å²) in [5.74, 6) is -0.122. The summed E-state index contributed by atoms with van der Waals surface area (Å²) in [5.41, 5.74) is 1.13. The summed E-state index contributed by atoms with van der Waals surface area (Å²) >= 11 is 5.97. The Hall–Kier alpha value is -1.06. The molecule has 0 radical (unpaired) electrons. The Labute approximate surface area is 106 Å². The van der Waals surface area contributed by atoms with Crippen LogP contribution in [-0.4, -0.2) is 19.6 Å². The molecule has 1 heterocycles. The van der Waals surface area contributed by atoms with Gasteiger partial charge in [-0.25, -0.2) is 0 Å². The van der Waals surface area contributed by atoms with E-state index in [0.29, 0.717) is 0 Å². The second kappa shape index (κ2) is 5.52. The van der Waals surface area contributed by atoms with Crippen molar-refractivity contribution in [2.24, 2.45) is 5.92 Å². The fourth-order valence-electron chi connectivity index (χ4n) is 2.28. The Bertz CT molecular complexity index is 408. The number of ether oxygens (including phenoxy) is 1. The highest BCUT2D eigenvalue weighted by atomic mass is 35.5. The van der Waals surface area contributed by atoms with Crippen LogP contribution in [0.4, 0.5) is 0 Å². The molecule has 1 aromatic rings. The zero-order valence-electron chi connectivity index (χ0n) is 9.78. The van der Waals surface area contributed by atoms with Crippen molar-refractivity contribution in [3.63, 3.8) is 0 Å². The monoisotopic (exact) mass is 253 g/mol. The summed E-state index contributed by atoms with van der Waals surface area (Å²) in [6.07, 6.45) is 1.61. The van der Waals surface area contributed by atoms with E-state index in [0.717, 1.165) is 30.0 Å². The van der Waals surface area contributed by atoms with Crippen molar-refractivity contribution in [3.05, 3.63) is 34.9 Å². The number of hydrogen-bond acceptors (Lipinski definition) is 3. The Kier molecular flexibility index (Phi) is 4.02. The van der Waals surface area contributed by atoms with Crippen LogP contribution >= 0.6 is 11.6 Å². The van der Waals surface area contributed by atoms with Crippen LogP contribution in [0.5, 0.6) is 0 Å². The van der Waals surface area contributed by atoms with Gasteiger partial charge in [-0.1, -0.05) is 23.7 Å². The summed E-state index contributed by atoms with van der Waals surface area (Å²) in [7, 11) is 1.44. The molecule has 2 rings (SSSR count). The van der Waals surface area contributed by atoms with Crippen molar-refractivity contribution < 1.29 is 9.53 Å². The summed E-state index contributed by atoms with van der Waals surface area (Å²) in [4.78, 5) is 11.5. The summed E-state index contributed by atoms with van der Waals surface area (Å²) < 4.78 is 4.80. The second-order valence-electron chi connectivity index (χ2n) is 4.31. The minimum absolute atomic E-state index is 0.00904. The van der Waals surface area contributed by atoms with E-state index in [2.05, 4.69) is 5.32 Å². The quantitative estimate of drug-likeness (QED) is 0.824. The van der Waals surface area contributed by atoms with E-state index in [1.54, 1.807) is 0 Å². The summed E-state index contributed by atoms with van der Waals surface area (Å²) in [6.45, 7) is 0.830. The Balaban J connectivity index is 2.09. The van der Waals surface area contributed by atoms with Gasteiger partial charge in [-0.3, -0.25) is 4.79 Å². The van der Waals surface area contributed by atoms with Crippen LogP contribution in [0.3, 0.4) is 0 Å². The van der Waals surface area contributed by atoms with E-state index in [4.69, 9.17) is 16.3 Å². The molecule has 2 unspecified atom stereocenters. The van der Waals surface area contributed by atoms with Crippen LogP contribution in [0.1, 0.15) is 24.4 Å². The van der Waals surface area contributed by atoms with E-state index in [1.165, 1.54) is 7.11 Å². The van der Waals surface area contributed by atoms with E-state index < -0.39 is 0 Å². The van der Waals surface area contributed by atoms with Crippen molar-refractivity contribution in [2.45, 2.75) is 18.9 Å². The van der Waals surface area contributed by atoms with E-state index in [-0.39, 0.29) is 17.9 Å². The normalized spacial score (nSPS) is 24.4. The maximum Gasteiger partial charge on any atom is 0.308 e. The van der Waals surface area contributed by atoms with Gasteiger partial charge in [-0.05, 0) is 37.1 Å². The number of hydrogen-bond donors (Lipinski definition) is 1. The molecule has 4 heteroatoms. The fourth-order valence-corrected chi connectivity index (χ4v) is 2.47. The molecule has 1 aromatic carbocycles. The highest BCUT2D eigenvalue weighted by Gasteiger charge is 2.28. The number of carbonyl (C=O) groups is 1. The van der Waals surface area contributed by atoms with Gasteiger partial charge in [0, 0.05) is 11.1 Å². The number of carbonyl (C=O) groups excluding carboxylic acids is 1. The van der Waals surface area contributed by atoms with Crippen LogP contribution in [0.15, 0.2) is 24.3 Å². The number of rotatable bonds is 2. The fraction of sp³-hybridized carbons (Fsp3) is 0.462. The summed E-state index contributed by atoms with van der Waals surface area (Å²) in [5, 5.41) is 4.13. The third kappa shape index (κ3) is 2.99. The average molecular weight is 254 g/mol. The van der Waals surface area contributed by atoms with Gasteiger partial charge >= 0.3 is 5.97 Å². The molecular formula is C13H16ClNO2. The molecule has 17 heavy (non-hydrogen) atoms. The lowest BCUT2D eigenvalue weighted by atomic mass is 9.89. The largest absolute Gasteiger partial charge is 0.469 e. The smallest absolute Gasteiger partial charge is 0.308 e. The van der Waals surface area contributed by atoms with Crippen molar-refractivity contribution in [1.29, 1.82) is 0 Å². The van der Waals surface area contributed by atoms with Crippen LogP contribution in [-0.2, 0) is 9.53 Å². The topological polar surface area (TPSA) is 38.3 Å². The number of halogens is 1. The van der Waals surface area contributed by atoms with Gasteiger partial charge in [0.15, 0.2) is 0 Å². The van der Waals surface area contributed by atoms with Crippen molar-refractivity contribution in [1.82, 2.24) is 5.32 Å². The predicted octanol–water partition coefficient (Wildman–Crippen LogP) is 2.55. The standard InChI is InChI=1S/C13H16ClNO2/c1-17-13(16)10-5-6-15-12(8-10)9-3-2-4-11(14)7-9/h2-4,7,10,12,15H,5-6,8H2,1H3. The third-order valence-electron chi connectivity index (χ3n) is 3.19. The maximum atomic E-state index is 11.5. The van der Waals surface area contributed by atoms with Crippen molar-refractivity contribution >= 4 is 17.6 Å². The van der Waals surface area contributed by atoms with Gasteiger partial charge in [-0.2, -0.15) is 0 Å². The maximum absolute atomic E-state index is 11.5.